The van der Waals surface area contributed by atoms with Crippen LogP contribution in [-0.4, -0.2) is 31.3 Å². The fraction of sp³-hybridized carbons (Fsp3) is 0.211. The number of benzene rings is 1. The molecule has 1 aromatic carbocycles. The van der Waals surface area contributed by atoms with E-state index < -0.39 is 4.92 Å². The minimum Gasteiger partial charge on any atom is -0.306 e. The molecule has 3 heterocycles. The zero-order valence-corrected chi connectivity index (χ0v) is 15.5. The van der Waals surface area contributed by atoms with Gasteiger partial charge < -0.3 is 4.98 Å². The Morgan fingerprint density at radius 2 is 2.18 bits per heavy atom. The van der Waals surface area contributed by atoms with Crippen molar-refractivity contribution in [3.05, 3.63) is 85.0 Å². The first-order valence-electron chi connectivity index (χ1n) is 8.69. The number of halogens is 1. The van der Waals surface area contributed by atoms with Gasteiger partial charge in [-0.1, -0.05) is 11.6 Å². The number of fused-ring (bicyclic) bond motifs is 1. The van der Waals surface area contributed by atoms with Crippen molar-refractivity contribution in [1.82, 2.24) is 19.9 Å². The van der Waals surface area contributed by atoms with E-state index in [-0.39, 0.29) is 11.2 Å². The number of hydrogen-bond donors (Lipinski definition) is 1. The number of aromatic nitrogens is 3. The first kappa shape index (κ1) is 18.3. The normalized spacial score (nSPS) is 13.9. The molecule has 0 unspecified atom stereocenters. The fourth-order valence-corrected chi connectivity index (χ4v) is 3.47. The summed E-state index contributed by atoms with van der Waals surface area (Å²) < 4.78 is 0. The van der Waals surface area contributed by atoms with Crippen LogP contribution in [0.3, 0.4) is 0 Å². The summed E-state index contributed by atoms with van der Waals surface area (Å²) in [7, 11) is 0. The molecule has 3 aromatic rings. The molecule has 0 atom stereocenters. The molecule has 2 aromatic heterocycles. The quantitative estimate of drug-likeness (QED) is 0.536. The molecule has 0 aliphatic carbocycles. The Hall–Kier alpha value is -3.10. The minimum absolute atomic E-state index is 0.00237. The second-order valence-electron chi connectivity index (χ2n) is 6.57. The molecule has 0 saturated heterocycles. The van der Waals surface area contributed by atoms with Gasteiger partial charge >= 0.3 is 0 Å². The molecular weight excluding hydrogens is 382 g/mol. The van der Waals surface area contributed by atoms with E-state index in [9.17, 15) is 14.9 Å². The molecule has 8 nitrogen and oxygen atoms in total. The van der Waals surface area contributed by atoms with Gasteiger partial charge in [0.25, 0.3) is 11.2 Å². The van der Waals surface area contributed by atoms with Crippen molar-refractivity contribution < 1.29 is 4.92 Å². The number of pyridine rings is 1. The van der Waals surface area contributed by atoms with Crippen LogP contribution >= 0.6 is 11.6 Å². The summed E-state index contributed by atoms with van der Waals surface area (Å²) in [6.45, 7) is 1.50. The standard InChI is InChI=1S/C19H16ClN5O3/c20-16-4-3-14(25(27)28)8-13(16)10-24-7-5-17-15(11-24)19(26)23-18(22-17)12-2-1-6-21-9-12/h1-4,6,8-9H,5,7,10-11H2,(H,22,23,26). The number of nitrogens with one attached hydrogen (secondary N) is 1. The number of H-pyrrole nitrogens is 1. The van der Waals surface area contributed by atoms with Crippen molar-refractivity contribution in [2.75, 3.05) is 6.54 Å². The maximum atomic E-state index is 12.6. The van der Waals surface area contributed by atoms with Gasteiger partial charge in [0.05, 0.1) is 16.2 Å². The van der Waals surface area contributed by atoms with Crippen LogP contribution in [0.25, 0.3) is 11.4 Å². The molecule has 0 spiro atoms. The van der Waals surface area contributed by atoms with Crippen LogP contribution < -0.4 is 5.56 Å². The Labute approximate surface area is 165 Å². The Bertz CT molecular complexity index is 1100. The molecule has 1 aliphatic heterocycles. The highest BCUT2D eigenvalue weighted by Crippen LogP contribution is 2.25. The van der Waals surface area contributed by atoms with E-state index in [1.165, 1.54) is 18.2 Å². The van der Waals surface area contributed by atoms with E-state index in [0.29, 0.717) is 48.0 Å². The van der Waals surface area contributed by atoms with E-state index in [0.717, 1.165) is 11.3 Å². The van der Waals surface area contributed by atoms with Crippen LogP contribution in [0, 0.1) is 10.1 Å². The summed E-state index contributed by atoms with van der Waals surface area (Å²) in [5.41, 5.74) is 2.62. The van der Waals surface area contributed by atoms with Crippen LogP contribution in [-0.2, 0) is 19.5 Å². The lowest BCUT2D eigenvalue weighted by molar-refractivity contribution is -0.384. The summed E-state index contributed by atoms with van der Waals surface area (Å²) in [5.74, 6) is 0.507. The van der Waals surface area contributed by atoms with Crippen molar-refractivity contribution >= 4 is 17.3 Å². The Kier molecular flexibility index (Phi) is 4.89. The molecule has 28 heavy (non-hydrogen) atoms. The zero-order chi connectivity index (χ0) is 19.7. The third-order valence-corrected chi connectivity index (χ3v) is 5.09. The Morgan fingerprint density at radius 1 is 1.32 bits per heavy atom. The number of aromatic amines is 1. The van der Waals surface area contributed by atoms with Gasteiger partial charge in [-0.25, -0.2) is 4.98 Å². The second-order valence-corrected chi connectivity index (χ2v) is 6.98. The van der Waals surface area contributed by atoms with Crippen LogP contribution in [0.2, 0.25) is 5.02 Å². The Balaban J connectivity index is 1.58. The molecule has 0 fully saturated rings. The average molecular weight is 398 g/mol. The summed E-state index contributed by atoms with van der Waals surface area (Å²) in [6.07, 6.45) is 3.93. The van der Waals surface area contributed by atoms with Crippen molar-refractivity contribution in [3.63, 3.8) is 0 Å². The molecule has 1 N–H and O–H groups in total. The predicted octanol–water partition coefficient (Wildman–Crippen LogP) is 2.95. The zero-order valence-electron chi connectivity index (χ0n) is 14.8. The fourth-order valence-electron chi connectivity index (χ4n) is 3.29. The summed E-state index contributed by atoms with van der Waals surface area (Å²) in [4.78, 5) is 36.7. The molecule has 1 aliphatic rings. The monoisotopic (exact) mass is 397 g/mol. The minimum atomic E-state index is -0.445. The maximum absolute atomic E-state index is 12.6. The predicted molar refractivity (Wildman–Crippen MR) is 104 cm³/mol. The molecular formula is C19H16ClN5O3. The first-order valence-corrected chi connectivity index (χ1v) is 9.06. The highest BCUT2D eigenvalue weighted by Gasteiger charge is 2.23. The lowest BCUT2D eigenvalue weighted by atomic mass is 10.1. The van der Waals surface area contributed by atoms with E-state index in [1.807, 2.05) is 11.0 Å². The number of nitro benzene ring substituents is 1. The molecule has 0 saturated carbocycles. The number of hydrogen-bond acceptors (Lipinski definition) is 6. The molecule has 0 radical (unpaired) electrons. The van der Waals surface area contributed by atoms with Gasteiger partial charge in [-0.05, 0) is 23.8 Å². The van der Waals surface area contributed by atoms with Gasteiger partial charge in [0.1, 0.15) is 5.82 Å². The molecule has 9 heteroatoms. The van der Waals surface area contributed by atoms with E-state index in [1.54, 1.807) is 18.5 Å². The van der Waals surface area contributed by atoms with Gasteiger partial charge in [0, 0.05) is 61.2 Å². The number of non-ortho nitro benzene ring substituents is 1. The molecule has 4 rings (SSSR count). The topological polar surface area (TPSA) is 105 Å². The number of nitro groups is 1. The van der Waals surface area contributed by atoms with Gasteiger partial charge in [0.15, 0.2) is 0 Å². The highest BCUT2D eigenvalue weighted by atomic mass is 35.5. The lowest BCUT2D eigenvalue weighted by Crippen LogP contribution is -2.35. The summed E-state index contributed by atoms with van der Waals surface area (Å²) in [5, 5.41) is 11.5. The van der Waals surface area contributed by atoms with E-state index >= 15 is 0 Å². The molecule has 0 bridgehead atoms. The van der Waals surface area contributed by atoms with Gasteiger partial charge in [-0.15, -0.1) is 0 Å². The van der Waals surface area contributed by atoms with Crippen molar-refractivity contribution in [2.24, 2.45) is 0 Å². The van der Waals surface area contributed by atoms with Crippen molar-refractivity contribution in [1.29, 1.82) is 0 Å². The third-order valence-electron chi connectivity index (χ3n) is 4.72. The van der Waals surface area contributed by atoms with Crippen LogP contribution in [0.15, 0.2) is 47.5 Å². The summed E-state index contributed by atoms with van der Waals surface area (Å²) >= 11 is 6.20. The highest BCUT2D eigenvalue weighted by molar-refractivity contribution is 6.31. The summed E-state index contributed by atoms with van der Waals surface area (Å²) in [6, 6.07) is 8.02. The first-order chi connectivity index (χ1) is 13.5. The number of rotatable bonds is 4. The SMILES string of the molecule is O=c1[nH]c(-c2cccnc2)nc2c1CN(Cc1cc([N+](=O)[O-])ccc1Cl)CC2. The van der Waals surface area contributed by atoms with Crippen LogP contribution in [0.1, 0.15) is 16.8 Å². The van der Waals surface area contributed by atoms with Crippen molar-refractivity contribution in [3.8, 4) is 11.4 Å². The van der Waals surface area contributed by atoms with Gasteiger partial charge in [-0.3, -0.25) is 24.8 Å². The third kappa shape index (κ3) is 3.64. The Morgan fingerprint density at radius 3 is 2.93 bits per heavy atom. The smallest absolute Gasteiger partial charge is 0.269 e. The van der Waals surface area contributed by atoms with E-state index in [2.05, 4.69) is 15.0 Å². The largest absolute Gasteiger partial charge is 0.306 e. The average Bonchev–Trinajstić information content (AvgIpc) is 2.70. The van der Waals surface area contributed by atoms with Gasteiger partial charge in [-0.2, -0.15) is 0 Å². The van der Waals surface area contributed by atoms with E-state index in [4.69, 9.17) is 11.6 Å². The second kappa shape index (κ2) is 7.49. The number of nitrogens with zero attached hydrogens (tertiary/aromatic N) is 4. The lowest BCUT2D eigenvalue weighted by Gasteiger charge is -2.28. The molecule has 142 valence electrons. The van der Waals surface area contributed by atoms with Gasteiger partial charge in [0.2, 0.25) is 0 Å². The maximum Gasteiger partial charge on any atom is 0.269 e. The van der Waals surface area contributed by atoms with Crippen LogP contribution in [0.4, 0.5) is 5.69 Å². The van der Waals surface area contributed by atoms with Crippen LogP contribution in [0.5, 0.6) is 0 Å². The van der Waals surface area contributed by atoms with Crippen molar-refractivity contribution in [2.45, 2.75) is 19.5 Å². The molecule has 0 amide bonds.